The fraction of sp³-hybridized carbons (Fsp3) is 0.529. The molecule has 0 spiro atoms. The van der Waals surface area contributed by atoms with Gasteiger partial charge in [0.05, 0.1) is 37.7 Å². The topological polar surface area (TPSA) is 93.5 Å². The minimum atomic E-state index is -3.61. The van der Waals surface area contributed by atoms with E-state index in [1.807, 2.05) is 17.5 Å². The van der Waals surface area contributed by atoms with Gasteiger partial charge in [0, 0.05) is 24.4 Å². The average molecular weight is 413 g/mol. The van der Waals surface area contributed by atoms with Gasteiger partial charge in [0.15, 0.2) is 0 Å². The highest BCUT2D eigenvalue weighted by Gasteiger charge is 2.32. The van der Waals surface area contributed by atoms with Crippen LogP contribution in [0.3, 0.4) is 0 Å². The number of sulfonamides is 1. The number of aromatic nitrogens is 2. The van der Waals surface area contributed by atoms with Crippen LogP contribution in [0.2, 0.25) is 0 Å². The Morgan fingerprint density at radius 3 is 2.74 bits per heavy atom. The van der Waals surface area contributed by atoms with Crippen molar-refractivity contribution in [3.8, 4) is 0 Å². The number of nitrogens with zero attached hydrogens (tertiary/aromatic N) is 3. The lowest BCUT2D eigenvalue weighted by molar-refractivity contribution is -0.121. The number of amides is 1. The van der Waals surface area contributed by atoms with Gasteiger partial charge in [0.25, 0.3) is 0 Å². The Kier molecular flexibility index (Phi) is 6.30. The fourth-order valence-electron chi connectivity index (χ4n) is 3.08. The molecule has 1 aliphatic rings. The first-order chi connectivity index (χ1) is 12.9. The zero-order valence-electron chi connectivity index (χ0n) is 15.5. The van der Waals surface area contributed by atoms with Gasteiger partial charge in [-0.3, -0.25) is 9.48 Å². The summed E-state index contributed by atoms with van der Waals surface area (Å²) in [7, 11) is -3.61. The molecule has 1 aliphatic heterocycles. The van der Waals surface area contributed by atoms with Crippen molar-refractivity contribution in [3.63, 3.8) is 0 Å². The van der Waals surface area contributed by atoms with Crippen LogP contribution in [0, 0.1) is 13.8 Å². The molecule has 10 heteroatoms. The average Bonchev–Trinajstić information content (AvgIpc) is 3.27. The predicted molar refractivity (Wildman–Crippen MR) is 102 cm³/mol. The van der Waals surface area contributed by atoms with Crippen molar-refractivity contribution in [3.05, 3.63) is 33.8 Å². The van der Waals surface area contributed by atoms with Crippen LogP contribution in [0.1, 0.15) is 22.7 Å². The Labute approximate surface area is 163 Å². The van der Waals surface area contributed by atoms with E-state index in [-0.39, 0.29) is 17.2 Å². The third-order valence-electron chi connectivity index (χ3n) is 4.47. The molecule has 1 saturated heterocycles. The Hall–Kier alpha value is -1.75. The molecule has 0 aromatic carbocycles. The summed E-state index contributed by atoms with van der Waals surface area (Å²) in [4.78, 5) is 13.4. The number of ether oxygens (including phenoxy) is 1. The van der Waals surface area contributed by atoms with E-state index in [1.54, 1.807) is 29.9 Å². The molecular weight excluding hydrogens is 388 g/mol. The number of nitrogens with one attached hydrogen (secondary N) is 1. The van der Waals surface area contributed by atoms with Crippen molar-refractivity contribution in [1.29, 1.82) is 0 Å². The van der Waals surface area contributed by atoms with E-state index < -0.39 is 10.0 Å². The molecular formula is C17H24N4O4S2. The summed E-state index contributed by atoms with van der Waals surface area (Å²) in [5, 5.41) is 9.19. The Bertz CT molecular complexity index is 884. The highest BCUT2D eigenvalue weighted by molar-refractivity contribution is 7.89. The molecule has 1 N–H and O–H groups in total. The summed E-state index contributed by atoms with van der Waals surface area (Å²) >= 11 is 1.59. The number of thiophene rings is 1. The maximum absolute atomic E-state index is 13.0. The second kappa shape index (κ2) is 8.51. The van der Waals surface area contributed by atoms with Gasteiger partial charge < -0.3 is 10.1 Å². The zero-order valence-corrected chi connectivity index (χ0v) is 17.1. The number of carbonyl (C=O) groups excluding carboxylic acids is 1. The molecule has 3 rings (SSSR count). The maximum Gasteiger partial charge on any atom is 0.246 e. The van der Waals surface area contributed by atoms with Crippen molar-refractivity contribution >= 4 is 27.3 Å². The van der Waals surface area contributed by atoms with Crippen LogP contribution in [-0.4, -0.2) is 54.7 Å². The quantitative estimate of drug-likeness (QED) is 0.740. The maximum atomic E-state index is 13.0. The van der Waals surface area contributed by atoms with Gasteiger partial charge in [-0.2, -0.15) is 9.40 Å². The monoisotopic (exact) mass is 412 g/mol. The highest BCUT2D eigenvalue weighted by Crippen LogP contribution is 2.24. The number of hydrogen-bond acceptors (Lipinski definition) is 6. The second-order valence-electron chi connectivity index (χ2n) is 6.35. The molecule has 1 fully saturated rings. The summed E-state index contributed by atoms with van der Waals surface area (Å²) in [6, 6.07) is 3.91. The molecule has 2 aromatic heterocycles. The molecule has 0 unspecified atom stereocenters. The van der Waals surface area contributed by atoms with Gasteiger partial charge in [-0.05, 0) is 25.3 Å². The van der Waals surface area contributed by atoms with Crippen molar-refractivity contribution in [1.82, 2.24) is 19.4 Å². The van der Waals surface area contributed by atoms with Crippen molar-refractivity contribution < 1.29 is 17.9 Å². The van der Waals surface area contributed by atoms with E-state index in [4.69, 9.17) is 4.74 Å². The normalized spacial score (nSPS) is 15.8. The highest BCUT2D eigenvalue weighted by atomic mass is 32.2. The smallest absolute Gasteiger partial charge is 0.246 e. The first-order valence-electron chi connectivity index (χ1n) is 8.80. The molecule has 27 heavy (non-hydrogen) atoms. The van der Waals surface area contributed by atoms with E-state index >= 15 is 0 Å². The molecule has 0 radical (unpaired) electrons. The molecule has 0 saturated carbocycles. The summed E-state index contributed by atoms with van der Waals surface area (Å²) in [5.74, 6) is -0.0893. The summed E-state index contributed by atoms with van der Waals surface area (Å²) < 4.78 is 34.2. The Morgan fingerprint density at radius 2 is 2.07 bits per heavy atom. The minimum Gasteiger partial charge on any atom is -0.379 e. The SMILES string of the molecule is Cc1nn(CCC(=O)NCc2cccs2)c(C)c1S(=O)(=O)N1CCOCC1. The lowest BCUT2D eigenvalue weighted by atomic mass is 10.3. The van der Waals surface area contributed by atoms with E-state index in [0.29, 0.717) is 50.8 Å². The van der Waals surface area contributed by atoms with Crippen LogP contribution >= 0.6 is 11.3 Å². The summed E-state index contributed by atoms with van der Waals surface area (Å²) in [6.07, 6.45) is 0.240. The molecule has 0 aliphatic carbocycles. The van der Waals surface area contributed by atoms with Gasteiger partial charge in [-0.1, -0.05) is 6.07 Å². The van der Waals surface area contributed by atoms with Crippen LogP contribution in [0.15, 0.2) is 22.4 Å². The molecule has 148 valence electrons. The lowest BCUT2D eigenvalue weighted by Gasteiger charge is -2.26. The largest absolute Gasteiger partial charge is 0.379 e. The zero-order chi connectivity index (χ0) is 19.4. The number of hydrogen-bond donors (Lipinski definition) is 1. The van der Waals surface area contributed by atoms with Crippen LogP contribution in [0.4, 0.5) is 0 Å². The first-order valence-corrected chi connectivity index (χ1v) is 11.1. The standard InChI is InChI=1S/C17H24N4O4S2/c1-13-17(27(23,24)20-7-9-25-10-8-20)14(2)21(19-13)6-5-16(22)18-12-15-4-3-11-26-15/h3-4,11H,5-10,12H2,1-2H3,(H,18,22). The first kappa shape index (κ1) is 20.0. The number of aryl methyl sites for hydroxylation is 2. The van der Waals surface area contributed by atoms with Gasteiger partial charge in [0.1, 0.15) is 4.90 Å². The van der Waals surface area contributed by atoms with E-state index in [2.05, 4.69) is 10.4 Å². The van der Waals surface area contributed by atoms with Crippen molar-refractivity contribution in [2.45, 2.75) is 38.3 Å². The van der Waals surface area contributed by atoms with E-state index in [0.717, 1.165) is 4.88 Å². The number of carbonyl (C=O) groups is 1. The molecule has 1 amide bonds. The number of rotatable bonds is 7. The minimum absolute atomic E-state index is 0.0893. The van der Waals surface area contributed by atoms with Crippen LogP contribution < -0.4 is 5.32 Å². The fourth-order valence-corrected chi connectivity index (χ4v) is 5.51. The van der Waals surface area contributed by atoms with Gasteiger partial charge in [-0.25, -0.2) is 8.42 Å². The molecule has 0 bridgehead atoms. The van der Waals surface area contributed by atoms with Crippen molar-refractivity contribution in [2.75, 3.05) is 26.3 Å². The molecule has 0 atom stereocenters. The molecule has 3 heterocycles. The van der Waals surface area contributed by atoms with Crippen molar-refractivity contribution in [2.24, 2.45) is 0 Å². The Morgan fingerprint density at radius 1 is 1.33 bits per heavy atom. The van der Waals surface area contributed by atoms with Gasteiger partial charge in [-0.15, -0.1) is 11.3 Å². The van der Waals surface area contributed by atoms with Crippen LogP contribution in [0.5, 0.6) is 0 Å². The third kappa shape index (κ3) is 4.57. The Balaban J connectivity index is 1.65. The summed E-state index contributed by atoms with van der Waals surface area (Å²) in [6.45, 7) is 5.75. The third-order valence-corrected chi connectivity index (χ3v) is 7.50. The predicted octanol–water partition coefficient (Wildman–Crippen LogP) is 1.29. The molecule has 2 aromatic rings. The van der Waals surface area contributed by atoms with Crippen LogP contribution in [-0.2, 0) is 32.6 Å². The molecule has 8 nitrogen and oxygen atoms in total. The number of morpholine rings is 1. The van der Waals surface area contributed by atoms with E-state index in [9.17, 15) is 13.2 Å². The van der Waals surface area contributed by atoms with Gasteiger partial charge in [0.2, 0.25) is 15.9 Å². The second-order valence-corrected chi connectivity index (χ2v) is 9.25. The van der Waals surface area contributed by atoms with Gasteiger partial charge >= 0.3 is 0 Å². The summed E-state index contributed by atoms with van der Waals surface area (Å²) in [5.41, 5.74) is 1.02. The van der Waals surface area contributed by atoms with E-state index in [1.165, 1.54) is 4.31 Å². The van der Waals surface area contributed by atoms with Crippen LogP contribution in [0.25, 0.3) is 0 Å². The lowest BCUT2D eigenvalue weighted by Crippen LogP contribution is -2.41.